The highest BCUT2D eigenvalue weighted by atomic mass is 19.4. The van der Waals surface area contributed by atoms with E-state index in [-0.39, 0.29) is 28.3 Å². The van der Waals surface area contributed by atoms with Crippen LogP contribution in [0.3, 0.4) is 0 Å². The second-order valence-corrected chi connectivity index (χ2v) is 7.91. The molecule has 2 aliphatic heterocycles. The summed E-state index contributed by atoms with van der Waals surface area (Å²) in [7, 11) is 0. The third kappa shape index (κ3) is 4.69. The summed E-state index contributed by atoms with van der Waals surface area (Å²) in [6, 6.07) is 12.5. The first kappa shape index (κ1) is 22.5. The van der Waals surface area contributed by atoms with Gasteiger partial charge in [0.25, 0.3) is 5.91 Å². The highest BCUT2D eigenvalue weighted by molar-refractivity contribution is 6.08. The molecule has 11 heteroatoms. The number of nitrogens with one attached hydrogen (secondary N) is 2. The first-order valence-electron chi connectivity index (χ1n) is 10.7. The van der Waals surface area contributed by atoms with Crippen molar-refractivity contribution in [3.8, 4) is 34.4 Å². The van der Waals surface area contributed by atoms with Gasteiger partial charge in [0.05, 0.1) is 16.8 Å². The summed E-state index contributed by atoms with van der Waals surface area (Å²) >= 11 is 0. The number of aromatic nitrogens is 1. The van der Waals surface area contributed by atoms with Gasteiger partial charge in [0.1, 0.15) is 23.4 Å². The monoisotopic (exact) mass is 481 g/mol. The lowest BCUT2D eigenvalue weighted by atomic mass is 10.0. The van der Waals surface area contributed by atoms with Gasteiger partial charge in [-0.2, -0.15) is 5.26 Å². The summed E-state index contributed by atoms with van der Waals surface area (Å²) in [5.41, 5.74) is 1.35. The van der Waals surface area contributed by atoms with Gasteiger partial charge in [-0.25, -0.2) is 4.98 Å². The normalized spacial score (nSPS) is 15.1. The van der Waals surface area contributed by atoms with Crippen LogP contribution in [0.1, 0.15) is 15.9 Å². The number of carbonyl (C=O) groups is 1. The van der Waals surface area contributed by atoms with Crippen LogP contribution in [0.25, 0.3) is 11.1 Å². The Labute approximate surface area is 197 Å². The predicted octanol–water partition coefficient (Wildman–Crippen LogP) is 4.29. The van der Waals surface area contributed by atoms with Gasteiger partial charge in [-0.15, -0.1) is 13.2 Å². The Kier molecular flexibility index (Phi) is 5.66. The van der Waals surface area contributed by atoms with Crippen molar-refractivity contribution >= 4 is 17.4 Å². The van der Waals surface area contributed by atoms with E-state index < -0.39 is 18.0 Å². The largest absolute Gasteiger partial charge is 0.573 e. The molecule has 0 bridgehead atoms. The Morgan fingerprint density at radius 2 is 1.83 bits per heavy atom. The van der Waals surface area contributed by atoms with Crippen molar-refractivity contribution in [1.29, 1.82) is 5.26 Å². The lowest BCUT2D eigenvalue weighted by molar-refractivity contribution is -0.274. The first-order valence-corrected chi connectivity index (χ1v) is 10.7. The van der Waals surface area contributed by atoms with Crippen LogP contribution in [-0.4, -0.2) is 43.4 Å². The van der Waals surface area contributed by atoms with Crippen LogP contribution in [0.2, 0.25) is 0 Å². The lowest BCUT2D eigenvalue weighted by Gasteiger charge is -2.28. The van der Waals surface area contributed by atoms with E-state index in [9.17, 15) is 23.2 Å². The third-order valence-electron chi connectivity index (χ3n) is 5.64. The molecule has 0 unspecified atom stereocenters. The Morgan fingerprint density at radius 3 is 2.57 bits per heavy atom. The van der Waals surface area contributed by atoms with E-state index in [0.29, 0.717) is 0 Å². The molecule has 178 valence electrons. The highest BCUT2D eigenvalue weighted by Gasteiger charge is 2.33. The minimum Gasteiger partial charge on any atom is -0.454 e. The number of hydrogen-bond donors (Lipinski definition) is 2. The molecule has 8 nitrogen and oxygen atoms in total. The van der Waals surface area contributed by atoms with Gasteiger partial charge in [0, 0.05) is 44.5 Å². The number of fused-ring (bicyclic) bond motifs is 2. The molecule has 0 saturated carbocycles. The quantitative estimate of drug-likeness (QED) is 0.576. The number of benzene rings is 2. The number of rotatable bonds is 3. The average Bonchev–Trinajstić information content (AvgIpc) is 2.98. The lowest BCUT2D eigenvalue weighted by Crippen LogP contribution is -2.43. The van der Waals surface area contributed by atoms with Gasteiger partial charge in [0.2, 0.25) is 0 Å². The van der Waals surface area contributed by atoms with Crippen LogP contribution in [-0.2, 0) is 0 Å². The number of halogens is 3. The van der Waals surface area contributed by atoms with E-state index >= 15 is 0 Å². The number of piperazine rings is 1. The zero-order chi connectivity index (χ0) is 24.6. The molecule has 3 aromatic rings. The van der Waals surface area contributed by atoms with Gasteiger partial charge in [-0.3, -0.25) is 4.79 Å². The Hall–Kier alpha value is -4.30. The Morgan fingerprint density at radius 1 is 1.06 bits per heavy atom. The number of nitriles is 1. The molecular formula is C24H18F3N5O3. The molecule has 1 amide bonds. The number of pyridine rings is 1. The number of hydrogen-bond acceptors (Lipinski definition) is 7. The minimum absolute atomic E-state index is 0.0285. The second kappa shape index (κ2) is 8.81. The van der Waals surface area contributed by atoms with Crippen LogP contribution in [0, 0.1) is 11.3 Å². The van der Waals surface area contributed by atoms with Crippen LogP contribution in [0.4, 0.5) is 24.7 Å². The molecule has 0 aliphatic carbocycles. The summed E-state index contributed by atoms with van der Waals surface area (Å²) in [6.45, 7) is 3.40. The standard InChI is InChI=1S/C24H18F3N5O3/c25-24(26,27)35-20-12-18-21(10-16(20)13-28)34-19-2-1-14(9-17(19)23(33)31-18)15-3-4-30-22(11-15)32-7-5-29-6-8-32/h1-4,9-12,29H,5-8H2,(H,31,33). The van der Waals surface area contributed by atoms with Crippen molar-refractivity contribution in [2.24, 2.45) is 0 Å². The van der Waals surface area contributed by atoms with Crippen molar-refractivity contribution in [2.75, 3.05) is 36.4 Å². The van der Waals surface area contributed by atoms with E-state index in [4.69, 9.17) is 4.74 Å². The highest BCUT2D eigenvalue weighted by Crippen LogP contribution is 2.41. The number of nitrogens with zero attached hydrogens (tertiary/aromatic N) is 3. The van der Waals surface area contributed by atoms with Crippen LogP contribution < -0.4 is 25.0 Å². The predicted molar refractivity (Wildman–Crippen MR) is 121 cm³/mol. The fraction of sp³-hybridized carbons (Fsp3) is 0.208. The first-order chi connectivity index (χ1) is 16.8. The zero-order valence-corrected chi connectivity index (χ0v) is 18.1. The van der Waals surface area contributed by atoms with Crippen molar-refractivity contribution in [3.63, 3.8) is 0 Å². The Balaban J connectivity index is 1.48. The molecule has 5 rings (SSSR count). The van der Waals surface area contributed by atoms with Crippen molar-refractivity contribution in [2.45, 2.75) is 6.36 Å². The van der Waals surface area contributed by atoms with Gasteiger partial charge >= 0.3 is 6.36 Å². The smallest absolute Gasteiger partial charge is 0.454 e. The fourth-order valence-electron chi connectivity index (χ4n) is 3.99. The van der Waals surface area contributed by atoms with E-state index in [1.807, 2.05) is 12.1 Å². The zero-order valence-electron chi connectivity index (χ0n) is 18.1. The van der Waals surface area contributed by atoms with Gasteiger partial charge in [-0.05, 0) is 35.4 Å². The maximum absolute atomic E-state index is 13.0. The summed E-state index contributed by atoms with van der Waals surface area (Å²) in [4.78, 5) is 19.6. The third-order valence-corrected chi connectivity index (χ3v) is 5.64. The van der Waals surface area contributed by atoms with Gasteiger partial charge in [-0.1, -0.05) is 6.07 Å². The number of alkyl halides is 3. The SMILES string of the molecule is N#Cc1cc2c(cc1OC(F)(F)F)NC(=O)c1cc(-c3ccnc(N4CCNCC4)c3)ccc1O2. The van der Waals surface area contributed by atoms with E-state index in [1.54, 1.807) is 30.5 Å². The number of ether oxygens (including phenoxy) is 2. The van der Waals surface area contributed by atoms with Crippen molar-refractivity contribution < 1.29 is 27.4 Å². The Bertz CT molecular complexity index is 1350. The molecule has 2 N–H and O–H groups in total. The van der Waals surface area contributed by atoms with E-state index in [1.165, 1.54) is 0 Å². The number of carbonyl (C=O) groups excluding carboxylic acids is 1. The molecule has 0 atom stereocenters. The minimum atomic E-state index is -5.00. The van der Waals surface area contributed by atoms with Crippen LogP contribution >= 0.6 is 0 Å². The number of amides is 1. The van der Waals surface area contributed by atoms with Crippen molar-refractivity contribution in [3.05, 3.63) is 59.8 Å². The molecule has 0 spiro atoms. The average molecular weight is 481 g/mol. The topological polar surface area (TPSA) is 99.5 Å². The molecule has 1 fully saturated rings. The van der Waals surface area contributed by atoms with E-state index in [2.05, 4.69) is 25.3 Å². The second-order valence-electron chi connectivity index (χ2n) is 7.91. The number of anilines is 2. The summed E-state index contributed by atoms with van der Waals surface area (Å²) in [5.74, 6) is -0.241. The van der Waals surface area contributed by atoms with Gasteiger partial charge in [0.15, 0.2) is 5.75 Å². The molecular weight excluding hydrogens is 463 g/mol. The molecule has 2 aromatic carbocycles. The fourth-order valence-corrected chi connectivity index (χ4v) is 3.99. The molecule has 1 aromatic heterocycles. The maximum Gasteiger partial charge on any atom is 0.573 e. The van der Waals surface area contributed by atoms with E-state index in [0.717, 1.165) is 55.3 Å². The van der Waals surface area contributed by atoms with Crippen molar-refractivity contribution in [1.82, 2.24) is 10.3 Å². The summed E-state index contributed by atoms with van der Waals surface area (Å²) in [6.07, 6.45) is -3.29. The van der Waals surface area contributed by atoms with Crippen LogP contribution in [0.5, 0.6) is 17.2 Å². The molecule has 2 aliphatic rings. The summed E-state index contributed by atoms with van der Waals surface area (Å²) in [5, 5.41) is 15.1. The molecule has 3 heterocycles. The molecule has 0 radical (unpaired) electrons. The van der Waals surface area contributed by atoms with Crippen LogP contribution in [0.15, 0.2) is 48.7 Å². The molecule has 35 heavy (non-hydrogen) atoms. The maximum atomic E-state index is 13.0. The molecule has 1 saturated heterocycles. The van der Waals surface area contributed by atoms with Gasteiger partial charge < -0.3 is 25.0 Å². The summed E-state index contributed by atoms with van der Waals surface area (Å²) < 4.78 is 48.0.